The number of carbonyl (C=O) groups is 2. The van der Waals surface area contributed by atoms with Crippen LogP contribution in [0, 0.1) is 11.8 Å². The number of fused-ring (bicyclic) bond motifs is 1. The second-order valence-electron chi connectivity index (χ2n) is 6.44. The Balaban J connectivity index is 1.58. The van der Waals surface area contributed by atoms with Crippen molar-refractivity contribution in [2.24, 2.45) is 11.8 Å². The van der Waals surface area contributed by atoms with E-state index in [4.69, 9.17) is 0 Å². The number of benzene rings is 2. The first-order chi connectivity index (χ1) is 11.6. The van der Waals surface area contributed by atoms with Gasteiger partial charge in [-0.2, -0.15) is 0 Å². The number of amides is 2. The largest absolute Gasteiger partial charge is 0.480 e. The summed E-state index contributed by atoms with van der Waals surface area (Å²) in [4.78, 5) is 25.6. The van der Waals surface area contributed by atoms with Crippen LogP contribution in [0.5, 0.6) is 0 Å². The molecule has 1 saturated heterocycles. The lowest BCUT2D eigenvalue weighted by molar-refractivity contribution is -0.142. The van der Waals surface area contributed by atoms with Crippen molar-refractivity contribution in [2.45, 2.75) is 12.5 Å². The van der Waals surface area contributed by atoms with Crippen molar-refractivity contribution in [1.29, 1.82) is 0 Å². The third-order valence-electron chi connectivity index (χ3n) is 4.92. The molecule has 3 unspecified atom stereocenters. The molecule has 3 atom stereocenters. The molecule has 2 amide bonds. The second kappa shape index (κ2) is 5.67. The van der Waals surface area contributed by atoms with Crippen molar-refractivity contribution < 1.29 is 14.7 Å². The van der Waals surface area contributed by atoms with Crippen LogP contribution in [0.3, 0.4) is 0 Å². The number of hydrogen-bond donors (Lipinski definition) is 2. The molecule has 2 aromatic carbocycles. The lowest BCUT2D eigenvalue weighted by Crippen LogP contribution is -2.45. The average Bonchev–Trinajstić information content (AvgIpc) is 3.25. The van der Waals surface area contributed by atoms with E-state index in [1.807, 2.05) is 54.6 Å². The van der Waals surface area contributed by atoms with E-state index in [2.05, 4.69) is 5.32 Å². The number of para-hydroxylation sites is 1. The van der Waals surface area contributed by atoms with E-state index in [1.165, 1.54) is 4.90 Å². The van der Waals surface area contributed by atoms with Gasteiger partial charge in [0.25, 0.3) is 0 Å². The van der Waals surface area contributed by atoms with Gasteiger partial charge in [-0.1, -0.05) is 48.5 Å². The van der Waals surface area contributed by atoms with Gasteiger partial charge in [0.15, 0.2) is 0 Å². The van der Waals surface area contributed by atoms with Crippen LogP contribution in [0.1, 0.15) is 6.42 Å². The number of nitrogens with one attached hydrogen (secondary N) is 1. The molecule has 24 heavy (non-hydrogen) atoms. The fourth-order valence-electron chi connectivity index (χ4n) is 3.64. The highest BCUT2D eigenvalue weighted by Crippen LogP contribution is 2.49. The van der Waals surface area contributed by atoms with E-state index >= 15 is 0 Å². The number of nitrogens with zero attached hydrogens (tertiary/aromatic N) is 1. The Morgan fingerprint density at radius 1 is 1.04 bits per heavy atom. The normalized spacial score (nSPS) is 24.3. The number of carboxylic acid groups (broad SMARTS) is 1. The number of hydrogen-bond acceptors (Lipinski definition) is 2. The summed E-state index contributed by atoms with van der Waals surface area (Å²) < 4.78 is 0. The monoisotopic (exact) mass is 322 g/mol. The number of carbonyl (C=O) groups excluding carboxylic acids is 1. The summed E-state index contributed by atoms with van der Waals surface area (Å²) in [6.07, 6.45) is 0.918. The van der Waals surface area contributed by atoms with Gasteiger partial charge >= 0.3 is 12.0 Å². The molecular formula is C19H18N2O3. The van der Waals surface area contributed by atoms with Gasteiger partial charge in [-0.3, -0.25) is 0 Å². The Labute approximate surface area is 139 Å². The molecule has 122 valence electrons. The highest BCUT2D eigenvalue weighted by Gasteiger charge is 2.57. The van der Waals surface area contributed by atoms with Crippen LogP contribution in [0.2, 0.25) is 0 Å². The molecule has 2 N–H and O–H groups in total. The first-order valence-electron chi connectivity index (χ1n) is 8.10. The van der Waals surface area contributed by atoms with Crippen LogP contribution in [0.25, 0.3) is 11.1 Å². The standard InChI is InChI=1S/C19H18N2O3/c22-18(23)17-15-10-13(15)11-21(17)19(24)20-16-9-5-4-8-14(16)12-6-2-1-3-7-12/h1-9,13,15,17H,10-11H2,(H,20,24)(H,22,23). The highest BCUT2D eigenvalue weighted by atomic mass is 16.4. The first-order valence-corrected chi connectivity index (χ1v) is 8.10. The molecule has 1 aliphatic heterocycles. The van der Waals surface area contributed by atoms with Crippen molar-refractivity contribution in [3.05, 3.63) is 54.6 Å². The van der Waals surface area contributed by atoms with E-state index in [9.17, 15) is 14.7 Å². The Hall–Kier alpha value is -2.82. The highest BCUT2D eigenvalue weighted by molar-refractivity contribution is 5.96. The number of rotatable bonds is 3. The Morgan fingerprint density at radius 3 is 2.50 bits per heavy atom. The fraction of sp³-hybridized carbons (Fsp3) is 0.263. The Bertz CT molecular complexity index is 790. The zero-order valence-corrected chi connectivity index (χ0v) is 13.1. The third kappa shape index (κ3) is 2.52. The number of piperidine rings is 1. The molecule has 5 heteroatoms. The van der Waals surface area contributed by atoms with E-state index in [0.29, 0.717) is 18.2 Å². The molecule has 4 rings (SSSR count). The number of anilines is 1. The minimum atomic E-state index is -0.911. The average molecular weight is 322 g/mol. The van der Waals surface area contributed by atoms with Crippen molar-refractivity contribution >= 4 is 17.7 Å². The maximum atomic E-state index is 12.6. The number of likely N-dealkylation sites (tertiary alicyclic amines) is 1. The van der Waals surface area contributed by atoms with Gasteiger partial charge in [0.05, 0.1) is 5.69 Å². The summed E-state index contributed by atoms with van der Waals surface area (Å²) in [6, 6.07) is 16.3. The van der Waals surface area contributed by atoms with Crippen LogP contribution < -0.4 is 5.32 Å². The Morgan fingerprint density at radius 2 is 1.75 bits per heavy atom. The first kappa shape index (κ1) is 14.8. The quantitative estimate of drug-likeness (QED) is 0.911. The van der Waals surface area contributed by atoms with E-state index in [-0.39, 0.29) is 11.9 Å². The maximum Gasteiger partial charge on any atom is 0.326 e. The lowest BCUT2D eigenvalue weighted by Gasteiger charge is -2.25. The minimum absolute atomic E-state index is 0.123. The van der Waals surface area contributed by atoms with Gasteiger partial charge in [-0.25, -0.2) is 9.59 Å². The molecule has 0 radical (unpaired) electrons. The van der Waals surface area contributed by atoms with Crippen LogP contribution in [0.15, 0.2) is 54.6 Å². The van der Waals surface area contributed by atoms with Gasteiger partial charge < -0.3 is 15.3 Å². The van der Waals surface area contributed by atoms with Crippen LogP contribution in [-0.2, 0) is 4.79 Å². The molecule has 0 aromatic heterocycles. The molecule has 1 heterocycles. The van der Waals surface area contributed by atoms with Gasteiger partial charge in [-0.05, 0) is 29.9 Å². The van der Waals surface area contributed by atoms with Crippen molar-refractivity contribution in [1.82, 2.24) is 4.90 Å². The molecular weight excluding hydrogens is 304 g/mol. The summed E-state index contributed by atoms with van der Waals surface area (Å²) in [5, 5.41) is 12.3. The van der Waals surface area contributed by atoms with E-state index in [1.54, 1.807) is 0 Å². The third-order valence-corrected chi connectivity index (χ3v) is 4.92. The van der Waals surface area contributed by atoms with Crippen LogP contribution in [-0.4, -0.2) is 34.6 Å². The second-order valence-corrected chi connectivity index (χ2v) is 6.44. The van der Waals surface area contributed by atoms with Crippen LogP contribution >= 0.6 is 0 Å². The van der Waals surface area contributed by atoms with Gasteiger partial charge in [-0.15, -0.1) is 0 Å². The number of aliphatic carboxylic acids is 1. The topological polar surface area (TPSA) is 69.6 Å². The van der Waals surface area contributed by atoms with Crippen molar-refractivity contribution in [3.63, 3.8) is 0 Å². The SMILES string of the molecule is O=C(O)C1C2CC2CN1C(=O)Nc1ccccc1-c1ccccc1. The molecule has 0 bridgehead atoms. The number of urea groups is 1. The predicted octanol–water partition coefficient (Wildman–Crippen LogP) is 3.29. The lowest BCUT2D eigenvalue weighted by atomic mass is 10.0. The molecule has 5 nitrogen and oxygen atoms in total. The molecule has 1 aliphatic carbocycles. The minimum Gasteiger partial charge on any atom is -0.480 e. The predicted molar refractivity (Wildman–Crippen MR) is 90.6 cm³/mol. The van der Waals surface area contributed by atoms with Gasteiger partial charge in [0.1, 0.15) is 6.04 Å². The molecule has 0 spiro atoms. The summed E-state index contributed by atoms with van der Waals surface area (Å²) in [7, 11) is 0. The fourth-order valence-corrected chi connectivity index (χ4v) is 3.64. The Kier molecular flexibility index (Phi) is 3.49. The zero-order chi connectivity index (χ0) is 16.7. The molecule has 2 aliphatic rings. The van der Waals surface area contributed by atoms with Crippen molar-refractivity contribution in [3.8, 4) is 11.1 Å². The molecule has 1 saturated carbocycles. The zero-order valence-electron chi connectivity index (χ0n) is 13.1. The van der Waals surface area contributed by atoms with Crippen LogP contribution in [0.4, 0.5) is 10.5 Å². The van der Waals surface area contributed by atoms with Crippen molar-refractivity contribution in [2.75, 3.05) is 11.9 Å². The van der Waals surface area contributed by atoms with E-state index < -0.39 is 12.0 Å². The molecule has 2 fully saturated rings. The smallest absolute Gasteiger partial charge is 0.326 e. The summed E-state index contributed by atoms with van der Waals surface area (Å²) in [6.45, 7) is 0.529. The van der Waals surface area contributed by atoms with Gasteiger partial charge in [0, 0.05) is 12.1 Å². The summed E-state index contributed by atoms with van der Waals surface area (Å²) in [5.41, 5.74) is 2.62. The number of carboxylic acids is 1. The van der Waals surface area contributed by atoms with Gasteiger partial charge in [0.2, 0.25) is 0 Å². The summed E-state index contributed by atoms with van der Waals surface area (Å²) >= 11 is 0. The molecule has 2 aromatic rings. The summed E-state index contributed by atoms with van der Waals surface area (Å²) in [5.74, 6) is -0.440. The maximum absolute atomic E-state index is 12.6. The van der Waals surface area contributed by atoms with E-state index in [0.717, 1.165) is 17.5 Å².